The van der Waals surface area contributed by atoms with Crippen molar-refractivity contribution >= 4 is 11.6 Å². The van der Waals surface area contributed by atoms with Crippen LogP contribution in [0.2, 0.25) is 5.02 Å². The van der Waals surface area contributed by atoms with Crippen LogP contribution in [0.3, 0.4) is 0 Å². The maximum Gasteiger partial charge on any atom is 0.141 e. The number of rotatable bonds is 5. The molecule has 0 fully saturated rings. The van der Waals surface area contributed by atoms with Crippen LogP contribution in [-0.4, -0.2) is 25.0 Å². The van der Waals surface area contributed by atoms with E-state index in [1.165, 1.54) is 6.07 Å². The lowest BCUT2D eigenvalue weighted by molar-refractivity contribution is 0.223. The van der Waals surface area contributed by atoms with Crippen LogP contribution in [-0.2, 0) is 0 Å². The van der Waals surface area contributed by atoms with Gasteiger partial charge in [-0.05, 0) is 30.7 Å². The summed E-state index contributed by atoms with van der Waals surface area (Å²) < 4.78 is 13.1. The van der Waals surface area contributed by atoms with E-state index in [4.69, 9.17) is 17.3 Å². The van der Waals surface area contributed by atoms with E-state index < -0.39 is 5.82 Å². The molecular formula is C13H20ClFN2. The summed E-state index contributed by atoms with van der Waals surface area (Å²) in [5.41, 5.74) is 6.75. The second kappa shape index (κ2) is 6.34. The fraction of sp³-hybridized carbons (Fsp3) is 0.538. The molecule has 0 spiro atoms. The lowest BCUT2D eigenvalue weighted by atomic mass is 10.0. The Balaban J connectivity index is 2.89. The summed E-state index contributed by atoms with van der Waals surface area (Å²) in [5.74, 6) is 0.169. The lowest BCUT2D eigenvalue weighted by Crippen LogP contribution is -2.33. The van der Waals surface area contributed by atoms with Crippen LogP contribution in [0.25, 0.3) is 0 Å². The fourth-order valence-electron chi connectivity index (χ4n) is 1.99. The van der Waals surface area contributed by atoms with E-state index in [1.807, 2.05) is 7.05 Å². The van der Waals surface area contributed by atoms with E-state index in [-0.39, 0.29) is 11.1 Å². The summed E-state index contributed by atoms with van der Waals surface area (Å²) in [6.45, 7) is 5.74. The van der Waals surface area contributed by atoms with Crippen LogP contribution < -0.4 is 5.73 Å². The Morgan fingerprint density at radius 3 is 2.53 bits per heavy atom. The van der Waals surface area contributed by atoms with Crippen LogP contribution in [0, 0.1) is 11.7 Å². The largest absolute Gasteiger partial charge is 0.329 e. The number of benzene rings is 1. The molecule has 0 radical (unpaired) electrons. The van der Waals surface area contributed by atoms with Gasteiger partial charge in [0.15, 0.2) is 0 Å². The minimum Gasteiger partial charge on any atom is -0.329 e. The zero-order chi connectivity index (χ0) is 13.0. The highest BCUT2D eigenvalue weighted by Gasteiger charge is 2.17. The van der Waals surface area contributed by atoms with Gasteiger partial charge in [-0.15, -0.1) is 0 Å². The summed E-state index contributed by atoms with van der Waals surface area (Å²) in [5, 5.41) is 0.152. The first-order valence-electron chi connectivity index (χ1n) is 5.81. The third-order valence-electron chi connectivity index (χ3n) is 2.74. The maximum absolute atomic E-state index is 13.1. The number of hydrogen-bond donors (Lipinski definition) is 1. The van der Waals surface area contributed by atoms with Gasteiger partial charge in [0, 0.05) is 19.1 Å². The van der Waals surface area contributed by atoms with Crippen molar-refractivity contribution in [1.29, 1.82) is 0 Å². The van der Waals surface area contributed by atoms with Crippen molar-refractivity contribution in [2.24, 2.45) is 11.7 Å². The van der Waals surface area contributed by atoms with Crippen LogP contribution in [0.1, 0.15) is 25.5 Å². The summed E-state index contributed by atoms with van der Waals surface area (Å²) in [6, 6.07) is 4.88. The Labute approximate surface area is 108 Å². The monoisotopic (exact) mass is 258 g/mol. The number of nitrogens with two attached hydrogens (primary N) is 1. The van der Waals surface area contributed by atoms with Crippen molar-refractivity contribution < 1.29 is 4.39 Å². The van der Waals surface area contributed by atoms with Crippen LogP contribution in [0.15, 0.2) is 18.2 Å². The summed E-state index contributed by atoms with van der Waals surface area (Å²) in [7, 11) is 2.02. The zero-order valence-electron chi connectivity index (χ0n) is 10.6. The predicted molar refractivity (Wildman–Crippen MR) is 70.7 cm³/mol. The third kappa shape index (κ3) is 3.95. The van der Waals surface area contributed by atoms with E-state index in [2.05, 4.69) is 18.7 Å². The molecule has 1 aromatic carbocycles. The van der Waals surface area contributed by atoms with Crippen molar-refractivity contribution in [2.75, 3.05) is 20.1 Å². The first kappa shape index (κ1) is 14.4. The van der Waals surface area contributed by atoms with E-state index in [0.717, 1.165) is 12.1 Å². The molecule has 2 nitrogen and oxygen atoms in total. The SMILES string of the molecule is CC(C)CN(C)C(CN)c1ccc(F)c(Cl)c1. The van der Waals surface area contributed by atoms with Crippen molar-refractivity contribution in [3.05, 3.63) is 34.6 Å². The van der Waals surface area contributed by atoms with Gasteiger partial charge in [-0.1, -0.05) is 31.5 Å². The van der Waals surface area contributed by atoms with Gasteiger partial charge >= 0.3 is 0 Å². The second-order valence-corrected chi connectivity index (χ2v) is 5.17. The Morgan fingerprint density at radius 2 is 2.06 bits per heavy atom. The van der Waals surface area contributed by atoms with Gasteiger partial charge in [0.05, 0.1) is 5.02 Å². The minimum atomic E-state index is -0.391. The molecule has 0 saturated heterocycles. The lowest BCUT2D eigenvalue weighted by Gasteiger charge is -2.29. The van der Waals surface area contributed by atoms with Gasteiger partial charge < -0.3 is 5.73 Å². The molecule has 0 amide bonds. The number of halogens is 2. The standard InChI is InChI=1S/C13H20ClFN2/c1-9(2)8-17(3)13(7-16)10-4-5-12(15)11(14)6-10/h4-6,9,13H,7-8,16H2,1-3H3. The summed E-state index contributed by atoms with van der Waals surface area (Å²) in [4.78, 5) is 2.17. The van der Waals surface area contributed by atoms with Crippen molar-refractivity contribution in [1.82, 2.24) is 4.90 Å². The highest BCUT2D eigenvalue weighted by molar-refractivity contribution is 6.30. The molecule has 0 aliphatic rings. The molecule has 1 atom stereocenters. The van der Waals surface area contributed by atoms with E-state index in [1.54, 1.807) is 12.1 Å². The van der Waals surface area contributed by atoms with Crippen LogP contribution >= 0.6 is 11.6 Å². The van der Waals surface area contributed by atoms with Gasteiger partial charge in [-0.25, -0.2) is 4.39 Å². The number of hydrogen-bond acceptors (Lipinski definition) is 2. The molecule has 0 aliphatic carbocycles. The Kier molecular flexibility index (Phi) is 5.37. The molecule has 1 aromatic rings. The first-order chi connectivity index (χ1) is 7.95. The first-order valence-corrected chi connectivity index (χ1v) is 6.18. The summed E-state index contributed by atoms with van der Waals surface area (Å²) >= 11 is 5.79. The Hall–Kier alpha value is -0.640. The number of nitrogens with zero attached hydrogens (tertiary/aromatic N) is 1. The minimum absolute atomic E-state index is 0.0792. The van der Waals surface area contributed by atoms with Crippen LogP contribution in [0.5, 0.6) is 0 Å². The molecular weight excluding hydrogens is 239 g/mol. The molecule has 1 unspecified atom stereocenters. The highest BCUT2D eigenvalue weighted by atomic mass is 35.5. The fourth-order valence-corrected chi connectivity index (χ4v) is 2.18. The molecule has 0 bridgehead atoms. The molecule has 0 saturated carbocycles. The van der Waals surface area contributed by atoms with Gasteiger partial charge in [0.2, 0.25) is 0 Å². The summed E-state index contributed by atoms with van der Waals surface area (Å²) in [6.07, 6.45) is 0. The van der Waals surface area contributed by atoms with Crippen molar-refractivity contribution in [3.63, 3.8) is 0 Å². The van der Waals surface area contributed by atoms with E-state index >= 15 is 0 Å². The van der Waals surface area contributed by atoms with Gasteiger partial charge in [-0.3, -0.25) is 4.90 Å². The molecule has 96 valence electrons. The molecule has 2 N–H and O–H groups in total. The average molecular weight is 259 g/mol. The average Bonchev–Trinajstić information content (AvgIpc) is 2.23. The topological polar surface area (TPSA) is 29.3 Å². The second-order valence-electron chi connectivity index (χ2n) is 4.76. The van der Waals surface area contributed by atoms with E-state index in [0.29, 0.717) is 12.5 Å². The zero-order valence-corrected chi connectivity index (χ0v) is 11.3. The molecule has 0 aliphatic heterocycles. The Bertz CT molecular complexity index is 368. The quantitative estimate of drug-likeness (QED) is 0.880. The highest BCUT2D eigenvalue weighted by Crippen LogP contribution is 2.24. The van der Waals surface area contributed by atoms with Crippen LogP contribution in [0.4, 0.5) is 4.39 Å². The maximum atomic E-state index is 13.1. The van der Waals surface area contributed by atoms with Crippen molar-refractivity contribution in [2.45, 2.75) is 19.9 Å². The number of likely N-dealkylation sites (N-methyl/N-ethyl adjacent to an activating group) is 1. The molecule has 4 heteroatoms. The molecule has 17 heavy (non-hydrogen) atoms. The third-order valence-corrected chi connectivity index (χ3v) is 3.03. The predicted octanol–water partition coefficient (Wildman–Crippen LogP) is 3.07. The normalized spacial score (nSPS) is 13.4. The molecule has 1 rings (SSSR count). The van der Waals surface area contributed by atoms with Gasteiger partial charge in [-0.2, -0.15) is 0 Å². The smallest absolute Gasteiger partial charge is 0.141 e. The Morgan fingerprint density at radius 1 is 1.41 bits per heavy atom. The molecule has 0 aromatic heterocycles. The van der Waals surface area contributed by atoms with Gasteiger partial charge in [0.25, 0.3) is 0 Å². The van der Waals surface area contributed by atoms with Gasteiger partial charge in [0.1, 0.15) is 5.82 Å². The van der Waals surface area contributed by atoms with E-state index in [9.17, 15) is 4.39 Å². The van der Waals surface area contributed by atoms with Crippen molar-refractivity contribution in [3.8, 4) is 0 Å². The molecule has 0 heterocycles.